The van der Waals surface area contributed by atoms with E-state index in [9.17, 15) is 0 Å². The molecule has 0 aliphatic carbocycles. The highest BCUT2D eigenvalue weighted by molar-refractivity contribution is 7.16. The summed E-state index contributed by atoms with van der Waals surface area (Å²) in [6, 6.07) is 13.5. The van der Waals surface area contributed by atoms with Crippen molar-refractivity contribution in [2.75, 3.05) is 13.1 Å². The van der Waals surface area contributed by atoms with Gasteiger partial charge in [0, 0.05) is 19.5 Å². The first kappa shape index (κ1) is 17.4. The second kappa shape index (κ2) is 7.62. The molecule has 4 N–H and O–H groups in total. The van der Waals surface area contributed by atoms with Crippen molar-refractivity contribution in [2.24, 2.45) is 11.5 Å². The Morgan fingerprint density at radius 2 is 1.08 bits per heavy atom. The molecule has 0 bridgehead atoms. The molecule has 3 aromatic rings. The highest BCUT2D eigenvalue weighted by Gasteiger charge is 2.12. The number of benzene rings is 1. The molecule has 0 saturated carbocycles. The fraction of sp³-hybridized carbons (Fsp3) is 0.300. The number of aryl methyl sites for hydroxylation is 2. The summed E-state index contributed by atoms with van der Waals surface area (Å²) in [6.45, 7) is 5.71. The molecule has 4 heteroatoms. The Kier molecular flexibility index (Phi) is 5.51. The predicted octanol–water partition coefficient (Wildman–Crippen LogP) is 4.76. The van der Waals surface area contributed by atoms with Gasteiger partial charge < -0.3 is 11.5 Å². The fourth-order valence-corrected chi connectivity index (χ4v) is 5.22. The molecule has 24 heavy (non-hydrogen) atoms. The number of rotatable bonds is 6. The quantitative estimate of drug-likeness (QED) is 0.669. The summed E-state index contributed by atoms with van der Waals surface area (Å²) in [6.07, 6.45) is 1.87. The molecule has 3 rings (SSSR count). The Balaban J connectivity index is 1.94. The average molecular weight is 357 g/mol. The number of hydrogen-bond acceptors (Lipinski definition) is 4. The van der Waals surface area contributed by atoms with E-state index in [4.69, 9.17) is 11.5 Å². The lowest BCUT2D eigenvalue weighted by Gasteiger charge is -2.06. The van der Waals surface area contributed by atoms with Crippen molar-refractivity contribution in [1.29, 1.82) is 0 Å². The van der Waals surface area contributed by atoms with Crippen LogP contribution in [0, 0.1) is 13.8 Å². The van der Waals surface area contributed by atoms with E-state index in [1.165, 1.54) is 41.8 Å². The van der Waals surface area contributed by atoms with Crippen molar-refractivity contribution in [2.45, 2.75) is 26.7 Å². The smallest absolute Gasteiger partial charge is 0.0378 e. The van der Waals surface area contributed by atoms with E-state index in [0.717, 1.165) is 12.8 Å². The van der Waals surface area contributed by atoms with Crippen LogP contribution in [-0.2, 0) is 12.8 Å². The van der Waals surface area contributed by atoms with Gasteiger partial charge in [0.2, 0.25) is 0 Å². The second-order valence-corrected chi connectivity index (χ2v) is 8.59. The number of thiophene rings is 2. The van der Waals surface area contributed by atoms with Crippen molar-refractivity contribution >= 4 is 22.7 Å². The summed E-state index contributed by atoms with van der Waals surface area (Å²) in [7, 11) is 0. The van der Waals surface area contributed by atoms with Gasteiger partial charge in [-0.1, -0.05) is 24.3 Å². The Labute approximate surface area is 152 Å². The molecule has 0 amide bonds. The molecule has 0 aliphatic heterocycles. The standard InChI is InChI=1S/C20H24N2S2/c1-13-11-17(7-9-21)19(23-13)15-3-5-16(6-4-15)20-18(8-10-22)12-14(2)24-20/h3-6,11-12H,7-10,21-22H2,1-2H3. The fourth-order valence-electron chi connectivity index (χ4n) is 3.08. The first-order valence-corrected chi connectivity index (χ1v) is 9.95. The molecule has 0 radical (unpaired) electrons. The molecule has 0 fully saturated rings. The zero-order chi connectivity index (χ0) is 17.1. The molecule has 0 aliphatic rings. The highest BCUT2D eigenvalue weighted by atomic mass is 32.1. The van der Waals surface area contributed by atoms with Gasteiger partial charge in [0.25, 0.3) is 0 Å². The first-order chi connectivity index (χ1) is 11.6. The Morgan fingerprint density at radius 3 is 1.42 bits per heavy atom. The van der Waals surface area contributed by atoms with E-state index in [0.29, 0.717) is 13.1 Å². The van der Waals surface area contributed by atoms with Crippen molar-refractivity contribution in [3.63, 3.8) is 0 Å². The maximum absolute atomic E-state index is 5.76. The minimum atomic E-state index is 0.693. The van der Waals surface area contributed by atoms with Gasteiger partial charge in [-0.05, 0) is 74.2 Å². The van der Waals surface area contributed by atoms with Crippen molar-refractivity contribution in [3.8, 4) is 20.9 Å². The molecule has 2 aromatic heterocycles. The van der Waals surface area contributed by atoms with E-state index in [1.807, 2.05) is 22.7 Å². The monoisotopic (exact) mass is 356 g/mol. The topological polar surface area (TPSA) is 52.0 Å². The number of hydrogen-bond donors (Lipinski definition) is 2. The van der Waals surface area contributed by atoms with Crippen LogP contribution < -0.4 is 11.5 Å². The maximum atomic E-state index is 5.76. The molecule has 2 heterocycles. The highest BCUT2D eigenvalue weighted by Crippen LogP contribution is 2.36. The van der Waals surface area contributed by atoms with E-state index < -0.39 is 0 Å². The van der Waals surface area contributed by atoms with Crippen LogP contribution in [0.15, 0.2) is 36.4 Å². The van der Waals surface area contributed by atoms with Crippen LogP contribution in [-0.4, -0.2) is 13.1 Å². The SMILES string of the molecule is Cc1cc(CCN)c(-c2ccc(-c3sc(C)cc3CCN)cc2)s1. The van der Waals surface area contributed by atoms with Crippen molar-refractivity contribution in [3.05, 3.63) is 57.3 Å². The van der Waals surface area contributed by atoms with E-state index >= 15 is 0 Å². The minimum absolute atomic E-state index is 0.693. The van der Waals surface area contributed by atoms with Crippen LogP contribution in [0.3, 0.4) is 0 Å². The van der Waals surface area contributed by atoms with Crippen LogP contribution in [0.2, 0.25) is 0 Å². The normalized spacial score (nSPS) is 11.2. The van der Waals surface area contributed by atoms with Gasteiger partial charge in [0.15, 0.2) is 0 Å². The predicted molar refractivity (Wildman–Crippen MR) is 108 cm³/mol. The van der Waals surface area contributed by atoms with E-state index in [-0.39, 0.29) is 0 Å². The van der Waals surface area contributed by atoms with Crippen molar-refractivity contribution < 1.29 is 0 Å². The lowest BCUT2D eigenvalue weighted by atomic mass is 10.0. The van der Waals surface area contributed by atoms with Gasteiger partial charge in [-0.25, -0.2) is 0 Å². The molecule has 0 saturated heterocycles. The van der Waals surface area contributed by atoms with Gasteiger partial charge >= 0.3 is 0 Å². The summed E-state index contributed by atoms with van der Waals surface area (Å²) >= 11 is 3.71. The molecule has 0 atom stereocenters. The second-order valence-electron chi connectivity index (χ2n) is 6.08. The van der Waals surface area contributed by atoms with Gasteiger partial charge in [0.1, 0.15) is 0 Å². The summed E-state index contributed by atoms with van der Waals surface area (Å²) < 4.78 is 0. The van der Waals surface area contributed by atoms with Crippen LogP contribution in [0.1, 0.15) is 20.9 Å². The van der Waals surface area contributed by atoms with Crippen LogP contribution >= 0.6 is 22.7 Å². The number of nitrogens with two attached hydrogens (primary N) is 2. The minimum Gasteiger partial charge on any atom is -0.330 e. The molecule has 0 spiro atoms. The lowest BCUT2D eigenvalue weighted by Crippen LogP contribution is -2.02. The van der Waals surface area contributed by atoms with Crippen LogP contribution in [0.5, 0.6) is 0 Å². The zero-order valence-electron chi connectivity index (χ0n) is 14.3. The Morgan fingerprint density at radius 1 is 0.708 bits per heavy atom. The molecule has 126 valence electrons. The first-order valence-electron chi connectivity index (χ1n) is 8.32. The third-order valence-corrected chi connectivity index (χ3v) is 6.38. The van der Waals surface area contributed by atoms with Gasteiger partial charge in [-0.3, -0.25) is 0 Å². The zero-order valence-corrected chi connectivity index (χ0v) is 15.9. The molecular formula is C20H24N2S2. The summed E-state index contributed by atoms with van der Waals surface area (Å²) in [5.41, 5.74) is 16.8. The molecule has 2 nitrogen and oxygen atoms in total. The Hall–Kier alpha value is -1.46. The summed E-state index contributed by atoms with van der Waals surface area (Å²) in [4.78, 5) is 5.40. The third-order valence-electron chi connectivity index (χ3n) is 4.10. The summed E-state index contributed by atoms with van der Waals surface area (Å²) in [5, 5.41) is 0. The van der Waals surface area contributed by atoms with Gasteiger partial charge in [0.05, 0.1) is 0 Å². The average Bonchev–Trinajstić information content (AvgIpc) is 3.11. The third kappa shape index (κ3) is 3.62. The molecule has 1 aromatic carbocycles. The van der Waals surface area contributed by atoms with Crippen LogP contribution in [0.4, 0.5) is 0 Å². The summed E-state index contributed by atoms with van der Waals surface area (Å²) in [5.74, 6) is 0. The lowest BCUT2D eigenvalue weighted by molar-refractivity contribution is 0.974. The molecule has 0 unspecified atom stereocenters. The van der Waals surface area contributed by atoms with Gasteiger partial charge in [-0.15, -0.1) is 22.7 Å². The Bertz CT molecular complexity index is 744. The maximum Gasteiger partial charge on any atom is 0.0378 e. The molecular weight excluding hydrogens is 332 g/mol. The van der Waals surface area contributed by atoms with Crippen molar-refractivity contribution in [1.82, 2.24) is 0 Å². The van der Waals surface area contributed by atoms with E-state index in [1.54, 1.807) is 0 Å². The van der Waals surface area contributed by atoms with Crippen LogP contribution in [0.25, 0.3) is 20.9 Å². The van der Waals surface area contributed by atoms with Gasteiger partial charge in [-0.2, -0.15) is 0 Å². The van der Waals surface area contributed by atoms with E-state index in [2.05, 4.69) is 50.2 Å². The largest absolute Gasteiger partial charge is 0.330 e.